The minimum Gasteiger partial charge on any atom is -0.491 e. The van der Waals surface area contributed by atoms with Crippen molar-refractivity contribution >= 4 is 17.0 Å². The molecule has 7 nitrogen and oxygen atoms in total. The van der Waals surface area contributed by atoms with Gasteiger partial charge in [-0.25, -0.2) is 9.78 Å². The fraction of sp³-hybridized carbons (Fsp3) is 0.316. The molecule has 1 aliphatic rings. The van der Waals surface area contributed by atoms with Crippen LogP contribution in [0.1, 0.15) is 32.1 Å². The van der Waals surface area contributed by atoms with E-state index in [1.165, 1.54) is 0 Å². The molecule has 3 heterocycles. The van der Waals surface area contributed by atoms with Gasteiger partial charge in [-0.1, -0.05) is 6.07 Å². The zero-order valence-electron chi connectivity index (χ0n) is 14.7. The topological polar surface area (TPSA) is 89.1 Å². The van der Waals surface area contributed by atoms with Crippen LogP contribution < -0.4 is 10.1 Å². The summed E-state index contributed by atoms with van der Waals surface area (Å²) >= 11 is 0. The molecule has 0 spiro atoms. The zero-order valence-corrected chi connectivity index (χ0v) is 14.7. The lowest BCUT2D eigenvalue weighted by molar-refractivity contribution is 0.104. The minimum absolute atomic E-state index is 0.0511. The Kier molecular flexibility index (Phi) is 4.20. The Morgan fingerprint density at radius 1 is 1.15 bits per heavy atom. The molecule has 4 rings (SSSR count). The Bertz CT molecular complexity index is 953. The van der Waals surface area contributed by atoms with Gasteiger partial charge in [-0.05, 0) is 44.2 Å². The molecule has 0 radical (unpaired) electrons. The number of amides is 1. The van der Waals surface area contributed by atoms with Crippen LogP contribution in [0.4, 0.5) is 4.79 Å². The van der Waals surface area contributed by atoms with Crippen molar-refractivity contribution in [3.8, 4) is 17.1 Å². The highest BCUT2D eigenvalue weighted by Gasteiger charge is 2.17. The van der Waals surface area contributed by atoms with Gasteiger partial charge >= 0.3 is 6.09 Å². The minimum atomic E-state index is -0.463. The van der Waals surface area contributed by atoms with E-state index in [1.54, 1.807) is 6.92 Å². The number of fused-ring (bicyclic) bond motifs is 4. The molecule has 2 N–H and O–H groups in total. The highest BCUT2D eigenvalue weighted by molar-refractivity contribution is 5.92. The van der Waals surface area contributed by atoms with E-state index in [0.717, 1.165) is 22.3 Å². The normalized spacial score (nSPS) is 20.6. The number of hydrogen-bond acceptors (Lipinski definition) is 5. The SMILES string of the molecule is C[C@@H]1CCNC(=O)O[C@H](C)c2cccc(n2)-c2n[nH]c3ccc(cc23)O1. The fourth-order valence-corrected chi connectivity index (χ4v) is 3.00. The first-order valence-corrected chi connectivity index (χ1v) is 8.67. The second-order valence-corrected chi connectivity index (χ2v) is 6.42. The van der Waals surface area contributed by atoms with Crippen LogP contribution in [0.25, 0.3) is 22.3 Å². The summed E-state index contributed by atoms with van der Waals surface area (Å²) < 4.78 is 11.4. The average molecular weight is 352 g/mol. The summed E-state index contributed by atoms with van der Waals surface area (Å²) in [4.78, 5) is 16.6. The molecule has 1 aromatic carbocycles. The van der Waals surface area contributed by atoms with Crippen molar-refractivity contribution in [2.75, 3.05) is 6.54 Å². The first kappa shape index (κ1) is 16.4. The Morgan fingerprint density at radius 3 is 2.92 bits per heavy atom. The molecular weight excluding hydrogens is 332 g/mol. The van der Waals surface area contributed by atoms with Crippen molar-refractivity contribution in [3.63, 3.8) is 0 Å². The predicted octanol–water partition coefficient (Wildman–Crippen LogP) is 3.58. The number of rotatable bonds is 0. The standard InChI is InChI=1S/C19H20N4O3/c1-11-8-9-20-19(24)26-12(2)15-4-3-5-17(21-15)18-14-10-13(25-11)6-7-16(14)22-23-18/h3-7,10-12H,8-9H2,1-2H3,(H,20,24)(H,22,23)/t11-,12-/m1/s1. The number of alkyl carbamates (subject to hydrolysis) is 1. The number of aromatic amines is 1. The summed E-state index contributed by atoms with van der Waals surface area (Å²) in [6, 6.07) is 11.4. The number of carbonyl (C=O) groups excluding carboxylic acids is 1. The summed E-state index contributed by atoms with van der Waals surface area (Å²) in [6.45, 7) is 4.24. The van der Waals surface area contributed by atoms with Gasteiger partial charge in [0, 0.05) is 18.4 Å². The monoisotopic (exact) mass is 352 g/mol. The lowest BCUT2D eigenvalue weighted by Crippen LogP contribution is -2.29. The van der Waals surface area contributed by atoms with Crippen LogP contribution in [0, 0.1) is 0 Å². The Balaban J connectivity index is 1.82. The van der Waals surface area contributed by atoms with Crippen molar-refractivity contribution in [2.24, 2.45) is 0 Å². The number of cyclic esters (lactones) is 1. The van der Waals surface area contributed by atoms with Crippen LogP contribution in [0.15, 0.2) is 36.4 Å². The van der Waals surface area contributed by atoms with E-state index in [2.05, 4.69) is 20.5 Å². The molecule has 0 aliphatic carbocycles. The molecule has 2 atom stereocenters. The molecule has 1 amide bonds. The molecule has 2 aromatic heterocycles. The van der Waals surface area contributed by atoms with Gasteiger partial charge < -0.3 is 14.8 Å². The maximum absolute atomic E-state index is 12.0. The van der Waals surface area contributed by atoms with Gasteiger partial charge in [0.1, 0.15) is 17.5 Å². The average Bonchev–Trinajstić information content (AvgIpc) is 3.04. The van der Waals surface area contributed by atoms with Gasteiger partial charge in [0.15, 0.2) is 0 Å². The van der Waals surface area contributed by atoms with Crippen molar-refractivity contribution in [1.29, 1.82) is 0 Å². The number of nitrogens with one attached hydrogen (secondary N) is 2. The third kappa shape index (κ3) is 3.20. The number of aromatic nitrogens is 3. The molecule has 4 bridgehead atoms. The summed E-state index contributed by atoms with van der Waals surface area (Å²) in [5.41, 5.74) is 3.04. The number of H-pyrrole nitrogens is 1. The van der Waals surface area contributed by atoms with Gasteiger partial charge in [0.05, 0.1) is 23.0 Å². The van der Waals surface area contributed by atoms with Crippen molar-refractivity contribution in [3.05, 3.63) is 42.1 Å². The second kappa shape index (κ2) is 6.67. The lowest BCUT2D eigenvalue weighted by atomic mass is 10.1. The van der Waals surface area contributed by atoms with Gasteiger partial charge in [-0.2, -0.15) is 5.10 Å². The van der Waals surface area contributed by atoms with Gasteiger partial charge in [-0.3, -0.25) is 5.10 Å². The number of benzene rings is 1. The van der Waals surface area contributed by atoms with Gasteiger partial charge in [0.25, 0.3) is 0 Å². The summed E-state index contributed by atoms with van der Waals surface area (Å²) in [5, 5.41) is 11.1. The van der Waals surface area contributed by atoms with E-state index in [1.807, 2.05) is 43.3 Å². The van der Waals surface area contributed by atoms with E-state index in [-0.39, 0.29) is 6.10 Å². The van der Waals surface area contributed by atoms with Gasteiger partial charge in [0.2, 0.25) is 0 Å². The molecular formula is C19H20N4O3. The van der Waals surface area contributed by atoms with Crippen LogP contribution in [0.5, 0.6) is 5.75 Å². The van der Waals surface area contributed by atoms with Crippen LogP contribution in [-0.4, -0.2) is 33.9 Å². The first-order valence-electron chi connectivity index (χ1n) is 8.67. The van der Waals surface area contributed by atoms with Crippen LogP contribution in [-0.2, 0) is 4.74 Å². The molecule has 134 valence electrons. The third-order valence-electron chi connectivity index (χ3n) is 4.41. The van der Waals surface area contributed by atoms with E-state index in [4.69, 9.17) is 9.47 Å². The lowest BCUT2D eigenvalue weighted by Gasteiger charge is -2.16. The molecule has 7 heteroatoms. The fourth-order valence-electron chi connectivity index (χ4n) is 3.00. The molecule has 26 heavy (non-hydrogen) atoms. The van der Waals surface area contributed by atoms with E-state index < -0.39 is 12.2 Å². The Hall–Kier alpha value is -3.09. The number of carbonyl (C=O) groups is 1. The number of ether oxygens (including phenoxy) is 2. The van der Waals surface area contributed by atoms with Crippen molar-refractivity contribution < 1.29 is 14.3 Å². The molecule has 0 saturated heterocycles. The Labute approximate surface area is 150 Å². The Morgan fingerprint density at radius 2 is 2.04 bits per heavy atom. The highest BCUT2D eigenvalue weighted by Crippen LogP contribution is 2.30. The maximum atomic E-state index is 12.0. The first-order chi connectivity index (χ1) is 12.6. The highest BCUT2D eigenvalue weighted by atomic mass is 16.6. The number of nitrogens with zero attached hydrogens (tertiary/aromatic N) is 2. The third-order valence-corrected chi connectivity index (χ3v) is 4.41. The molecule has 0 unspecified atom stereocenters. The van der Waals surface area contributed by atoms with Crippen molar-refractivity contribution in [2.45, 2.75) is 32.5 Å². The number of pyridine rings is 1. The van der Waals surface area contributed by atoms with Crippen molar-refractivity contribution in [1.82, 2.24) is 20.5 Å². The summed E-state index contributed by atoms with van der Waals surface area (Å²) in [5.74, 6) is 0.759. The van der Waals surface area contributed by atoms with E-state index >= 15 is 0 Å². The van der Waals surface area contributed by atoms with Crippen LogP contribution in [0.3, 0.4) is 0 Å². The molecule has 3 aromatic rings. The zero-order chi connectivity index (χ0) is 18.1. The quantitative estimate of drug-likeness (QED) is 0.645. The molecule has 0 saturated carbocycles. The largest absolute Gasteiger partial charge is 0.491 e. The maximum Gasteiger partial charge on any atom is 0.407 e. The molecule has 0 fully saturated rings. The number of hydrogen-bond donors (Lipinski definition) is 2. The molecule has 1 aliphatic heterocycles. The van der Waals surface area contributed by atoms with Gasteiger partial charge in [-0.15, -0.1) is 0 Å². The second-order valence-electron chi connectivity index (χ2n) is 6.42. The van der Waals surface area contributed by atoms with Crippen LogP contribution >= 0.6 is 0 Å². The smallest absolute Gasteiger partial charge is 0.407 e. The predicted molar refractivity (Wildman–Crippen MR) is 96.9 cm³/mol. The van der Waals surface area contributed by atoms with E-state index in [0.29, 0.717) is 24.4 Å². The summed E-state index contributed by atoms with van der Waals surface area (Å²) in [7, 11) is 0. The summed E-state index contributed by atoms with van der Waals surface area (Å²) in [6.07, 6.45) is -0.306. The van der Waals surface area contributed by atoms with E-state index in [9.17, 15) is 4.79 Å². The van der Waals surface area contributed by atoms with Crippen LogP contribution in [0.2, 0.25) is 0 Å².